The number of aliphatic hydroxyl groups excluding tert-OH is 1. The number of carbonyl (C=O) groups excluding carboxylic acids is 1. The molecular formula is C12H21NO2. The van der Waals surface area contributed by atoms with E-state index in [1.54, 1.807) is 0 Å². The number of hydrogen-bond donors (Lipinski definition) is 2. The topological polar surface area (TPSA) is 49.3 Å². The van der Waals surface area contributed by atoms with Gasteiger partial charge in [0.15, 0.2) is 0 Å². The number of amides is 1. The van der Waals surface area contributed by atoms with Crippen molar-refractivity contribution in [1.82, 2.24) is 5.32 Å². The predicted octanol–water partition coefficient (Wildman–Crippen LogP) is 1.62. The highest BCUT2D eigenvalue weighted by atomic mass is 16.3. The molecular weight excluding hydrogens is 190 g/mol. The van der Waals surface area contributed by atoms with Gasteiger partial charge in [-0.15, -0.1) is 0 Å². The molecule has 0 aromatic carbocycles. The highest BCUT2D eigenvalue weighted by Gasteiger charge is 2.27. The highest BCUT2D eigenvalue weighted by Crippen LogP contribution is 2.25. The number of rotatable bonds is 4. The standard InChI is InChI=1S/C12H21NO2/c1-3-5-9(2)12(15)13-11-7-4-6-10(11)8-14/h5,10-11,14H,3-4,6-8H2,1-2H3,(H,13,15)/b9-5-. The molecule has 1 saturated carbocycles. The molecule has 3 nitrogen and oxygen atoms in total. The van der Waals surface area contributed by atoms with E-state index in [-0.39, 0.29) is 24.5 Å². The Morgan fingerprint density at radius 3 is 2.87 bits per heavy atom. The Bertz CT molecular complexity index is 248. The molecule has 1 aliphatic rings. The molecule has 1 fully saturated rings. The molecule has 3 heteroatoms. The first kappa shape index (κ1) is 12.2. The molecule has 1 amide bonds. The van der Waals surface area contributed by atoms with Gasteiger partial charge in [0.2, 0.25) is 5.91 Å². The van der Waals surface area contributed by atoms with Crippen molar-refractivity contribution in [3.8, 4) is 0 Å². The number of aliphatic hydroxyl groups is 1. The number of allylic oxidation sites excluding steroid dienone is 1. The number of hydrogen-bond acceptors (Lipinski definition) is 2. The van der Waals surface area contributed by atoms with E-state index >= 15 is 0 Å². The minimum Gasteiger partial charge on any atom is -0.396 e. The normalized spacial score (nSPS) is 26.7. The van der Waals surface area contributed by atoms with E-state index in [2.05, 4.69) is 5.32 Å². The van der Waals surface area contributed by atoms with Gasteiger partial charge in [-0.25, -0.2) is 0 Å². The van der Waals surface area contributed by atoms with E-state index in [9.17, 15) is 4.79 Å². The molecule has 0 spiro atoms. The van der Waals surface area contributed by atoms with Crippen LogP contribution in [0.5, 0.6) is 0 Å². The fourth-order valence-corrected chi connectivity index (χ4v) is 2.13. The summed E-state index contributed by atoms with van der Waals surface area (Å²) in [7, 11) is 0. The maximum absolute atomic E-state index is 11.7. The number of nitrogens with one attached hydrogen (secondary N) is 1. The quantitative estimate of drug-likeness (QED) is 0.694. The molecule has 2 N–H and O–H groups in total. The van der Waals surface area contributed by atoms with Gasteiger partial charge in [-0.1, -0.05) is 19.4 Å². The van der Waals surface area contributed by atoms with Crippen LogP contribution in [0.25, 0.3) is 0 Å². The van der Waals surface area contributed by atoms with Crippen LogP contribution in [0.4, 0.5) is 0 Å². The SMILES string of the molecule is CC/C=C(/C)C(=O)NC1CCCC1CO. The fraction of sp³-hybridized carbons (Fsp3) is 0.750. The van der Waals surface area contributed by atoms with Crippen LogP contribution in [0.1, 0.15) is 39.5 Å². The second-order valence-corrected chi connectivity index (χ2v) is 4.25. The summed E-state index contributed by atoms with van der Waals surface area (Å²) in [4.78, 5) is 11.7. The molecule has 0 bridgehead atoms. The van der Waals surface area contributed by atoms with Gasteiger partial charge in [0.25, 0.3) is 0 Å². The van der Waals surface area contributed by atoms with Crippen molar-refractivity contribution in [1.29, 1.82) is 0 Å². The second kappa shape index (κ2) is 5.91. The Labute approximate surface area is 91.6 Å². The molecule has 0 radical (unpaired) electrons. The summed E-state index contributed by atoms with van der Waals surface area (Å²) >= 11 is 0. The zero-order valence-corrected chi connectivity index (χ0v) is 9.62. The average molecular weight is 211 g/mol. The molecule has 1 rings (SSSR count). The first-order chi connectivity index (χ1) is 7.19. The van der Waals surface area contributed by atoms with Crippen molar-refractivity contribution in [2.24, 2.45) is 5.92 Å². The molecule has 0 saturated heterocycles. The first-order valence-electron chi connectivity index (χ1n) is 5.77. The molecule has 2 atom stereocenters. The van der Waals surface area contributed by atoms with Crippen molar-refractivity contribution < 1.29 is 9.90 Å². The van der Waals surface area contributed by atoms with Gasteiger partial charge in [-0.05, 0) is 26.2 Å². The predicted molar refractivity (Wildman–Crippen MR) is 60.4 cm³/mol. The lowest BCUT2D eigenvalue weighted by Crippen LogP contribution is -2.38. The lowest BCUT2D eigenvalue weighted by atomic mass is 10.0. The summed E-state index contributed by atoms with van der Waals surface area (Å²) in [5, 5.41) is 12.1. The van der Waals surface area contributed by atoms with Crippen LogP contribution in [0, 0.1) is 5.92 Å². The maximum Gasteiger partial charge on any atom is 0.246 e. The lowest BCUT2D eigenvalue weighted by Gasteiger charge is -2.19. The maximum atomic E-state index is 11.7. The van der Waals surface area contributed by atoms with Crippen LogP contribution in [-0.4, -0.2) is 23.7 Å². The molecule has 15 heavy (non-hydrogen) atoms. The van der Waals surface area contributed by atoms with Gasteiger partial charge in [0.05, 0.1) is 0 Å². The summed E-state index contributed by atoms with van der Waals surface area (Å²) in [5.41, 5.74) is 0.779. The van der Waals surface area contributed by atoms with Crippen molar-refractivity contribution in [2.45, 2.75) is 45.6 Å². The van der Waals surface area contributed by atoms with Crippen LogP contribution >= 0.6 is 0 Å². The van der Waals surface area contributed by atoms with Gasteiger partial charge in [-0.2, -0.15) is 0 Å². The van der Waals surface area contributed by atoms with E-state index in [1.165, 1.54) is 0 Å². The largest absolute Gasteiger partial charge is 0.396 e. The van der Waals surface area contributed by atoms with Crippen LogP contribution in [-0.2, 0) is 4.79 Å². The molecule has 86 valence electrons. The van der Waals surface area contributed by atoms with Crippen LogP contribution < -0.4 is 5.32 Å². The van der Waals surface area contributed by atoms with Gasteiger partial charge in [0, 0.05) is 24.1 Å². The first-order valence-corrected chi connectivity index (χ1v) is 5.77. The molecule has 0 aliphatic heterocycles. The van der Waals surface area contributed by atoms with Crippen molar-refractivity contribution in [3.63, 3.8) is 0 Å². The monoisotopic (exact) mass is 211 g/mol. The molecule has 0 aromatic rings. The summed E-state index contributed by atoms with van der Waals surface area (Å²) in [6.45, 7) is 4.03. The van der Waals surface area contributed by atoms with Crippen LogP contribution in [0.15, 0.2) is 11.6 Å². The van der Waals surface area contributed by atoms with E-state index in [0.29, 0.717) is 0 Å². The molecule has 1 aliphatic carbocycles. The van der Waals surface area contributed by atoms with E-state index < -0.39 is 0 Å². The van der Waals surface area contributed by atoms with Gasteiger partial charge < -0.3 is 10.4 Å². The Kier molecular flexibility index (Phi) is 4.82. The third-order valence-electron chi connectivity index (χ3n) is 3.08. The molecule has 0 heterocycles. The summed E-state index contributed by atoms with van der Waals surface area (Å²) < 4.78 is 0. The van der Waals surface area contributed by atoms with E-state index in [0.717, 1.165) is 31.3 Å². The summed E-state index contributed by atoms with van der Waals surface area (Å²) in [6.07, 6.45) is 5.94. The summed E-state index contributed by atoms with van der Waals surface area (Å²) in [5.74, 6) is 0.269. The van der Waals surface area contributed by atoms with Gasteiger partial charge in [0.1, 0.15) is 0 Å². The Hall–Kier alpha value is -0.830. The third-order valence-corrected chi connectivity index (χ3v) is 3.08. The second-order valence-electron chi connectivity index (χ2n) is 4.25. The minimum atomic E-state index is 0.0159. The van der Waals surface area contributed by atoms with Crippen LogP contribution in [0.2, 0.25) is 0 Å². The van der Waals surface area contributed by atoms with Crippen molar-refractivity contribution in [3.05, 3.63) is 11.6 Å². The summed E-state index contributed by atoms with van der Waals surface area (Å²) in [6, 6.07) is 0.169. The fourth-order valence-electron chi connectivity index (χ4n) is 2.13. The van der Waals surface area contributed by atoms with Crippen molar-refractivity contribution >= 4 is 5.91 Å². The number of carbonyl (C=O) groups is 1. The third kappa shape index (κ3) is 3.34. The molecule has 2 unspecified atom stereocenters. The highest BCUT2D eigenvalue weighted by molar-refractivity contribution is 5.92. The zero-order valence-electron chi connectivity index (χ0n) is 9.62. The Balaban J connectivity index is 2.47. The molecule has 0 aromatic heterocycles. The van der Waals surface area contributed by atoms with E-state index in [4.69, 9.17) is 5.11 Å². The zero-order chi connectivity index (χ0) is 11.3. The smallest absolute Gasteiger partial charge is 0.246 e. The van der Waals surface area contributed by atoms with Gasteiger partial charge >= 0.3 is 0 Å². The Morgan fingerprint density at radius 1 is 1.53 bits per heavy atom. The Morgan fingerprint density at radius 2 is 2.27 bits per heavy atom. The lowest BCUT2D eigenvalue weighted by molar-refractivity contribution is -0.118. The average Bonchev–Trinajstić information content (AvgIpc) is 2.65. The van der Waals surface area contributed by atoms with Crippen molar-refractivity contribution in [2.75, 3.05) is 6.61 Å². The van der Waals surface area contributed by atoms with E-state index in [1.807, 2.05) is 19.9 Å². The van der Waals surface area contributed by atoms with Gasteiger partial charge in [-0.3, -0.25) is 4.79 Å². The van der Waals surface area contributed by atoms with Crippen LogP contribution in [0.3, 0.4) is 0 Å². The minimum absolute atomic E-state index is 0.0159.